The fourth-order valence-corrected chi connectivity index (χ4v) is 3.04. The van der Waals surface area contributed by atoms with Crippen molar-refractivity contribution >= 4 is 22.7 Å². The van der Waals surface area contributed by atoms with E-state index in [9.17, 15) is 4.79 Å². The number of hydrogen-bond acceptors (Lipinski definition) is 4. The van der Waals surface area contributed by atoms with E-state index in [4.69, 9.17) is 10.1 Å². The predicted molar refractivity (Wildman–Crippen MR) is 91.9 cm³/mol. The largest absolute Gasteiger partial charge is 0.481 e. The van der Waals surface area contributed by atoms with Gasteiger partial charge in [-0.15, -0.1) is 0 Å². The summed E-state index contributed by atoms with van der Waals surface area (Å²) in [6.45, 7) is 8.00. The van der Waals surface area contributed by atoms with Crippen LogP contribution in [0.2, 0.25) is 0 Å². The summed E-state index contributed by atoms with van der Waals surface area (Å²) in [7, 11) is 0. The van der Waals surface area contributed by atoms with Crippen LogP contribution < -0.4 is 4.90 Å². The molecular weight excluding hydrogens is 290 g/mol. The third-order valence-electron chi connectivity index (χ3n) is 4.48. The number of anilines is 1. The van der Waals surface area contributed by atoms with Gasteiger partial charge in [-0.3, -0.25) is 9.69 Å². The number of aromatic nitrogens is 1. The number of carbonyl (C=O) groups is 1. The second-order valence-electron chi connectivity index (χ2n) is 6.39. The third-order valence-corrected chi connectivity index (χ3v) is 4.48. The maximum absolute atomic E-state index is 11.0. The number of hydrogen-bond donors (Lipinski definition) is 1. The van der Waals surface area contributed by atoms with Gasteiger partial charge in [-0.2, -0.15) is 0 Å². The number of rotatable bonds is 4. The molecule has 23 heavy (non-hydrogen) atoms. The van der Waals surface area contributed by atoms with E-state index < -0.39 is 5.97 Å². The number of nitrogens with zero attached hydrogens (tertiary/aromatic N) is 3. The number of pyridine rings is 1. The number of aryl methyl sites for hydroxylation is 1. The van der Waals surface area contributed by atoms with Gasteiger partial charge in [-0.05, 0) is 31.2 Å². The van der Waals surface area contributed by atoms with Crippen LogP contribution in [0.3, 0.4) is 0 Å². The van der Waals surface area contributed by atoms with E-state index in [-0.39, 0.29) is 5.92 Å². The zero-order valence-electron chi connectivity index (χ0n) is 13.7. The van der Waals surface area contributed by atoms with Gasteiger partial charge < -0.3 is 10.0 Å². The fraction of sp³-hybridized carbons (Fsp3) is 0.444. The van der Waals surface area contributed by atoms with Crippen molar-refractivity contribution < 1.29 is 9.90 Å². The van der Waals surface area contributed by atoms with E-state index in [2.05, 4.69) is 47.1 Å². The summed E-state index contributed by atoms with van der Waals surface area (Å²) >= 11 is 0. The zero-order valence-corrected chi connectivity index (χ0v) is 13.7. The standard InChI is InChI=1S/C18H23N3O2/c1-13-3-5-16-15(11-13)4-6-17(19-16)21-9-7-20(8-10-21)12-14(2)18(22)23/h3-6,11,14H,7-10,12H2,1-2H3,(H,22,23). The second-order valence-corrected chi connectivity index (χ2v) is 6.39. The molecule has 1 fully saturated rings. The molecule has 0 saturated carbocycles. The molecule has 3 rings (SSSR count). The first-order chi connectivity index (χ1) is 11.0. The van der Waals surface area contributed by atoms with Crippen molar-refractivity contribution in [2.75, 3.05) is 37.6 Å². The fourth-order valence-electron chi connectivity index (χ4n) is 3.04. The molecule has 0 amide bonds. The van der Waals surface area contributed by atoms with E-state index in [0.29, 0.717) is 6.54 Å². The van der Waals surface area contributed by atoms with E-state index >= 15 is 0 Å². The molecule has 5 nitrogen and oxygen atoms in total. The molecule has 122 valence electrons. The number of carboxylic acid groups (broad SMARTS) is 1. The minimum absolute atomic E-state index is 0.316. The summed E-state index contributed by atoms with van der Waals surface area (Å²) < 4.78 is 0. The Hall–Kier alpha value is -2.14. The summed E-state index contributed by atoms with van der Waals surface area (Å²) in [4.78, 5) is 20.2. The van der Waals surface area contributed by atoms with E-state index in [1.807, 2.05) is 0 Å². The van der Waals surface area contributed by atoms with Crippen LogP contribution in [-0.2, 0) is 4.79 Å². The lowest BCUT2D eigenvalue weighted by molar-refractivity contribution is -0.141. The summed E-state index contributed by atoms with van der Waals surface area (Å²) in [5, 5.41) is 10.2. The third kappa shape index (κ3) is 3.62. The van der Waals surface area contributed by atoms with Crippen molar-refractivity contribution in [3.8, 4) is 0 Å². The highest BCUT2D eigenvalue weighted by atomic mass is 16.4. The summed E-state index contributed by atoms with van der Waals surface area (Å²) in [6.07, 6.45) is 0. The first kappa shape index (κ1) is 15.7. The Morgan fingerprint density at radius 1 is 1.22 bits per heavy atom. The Morgan fingerprint density at radius 2 is 1.96 bits per heavy atom. The van der Waals surface area contributed by atoms with E-state index in [1.54, 1.807) is 6.92 Å². The van der Waals surface area contributed by atoms with Gasteiger partial charge >= 0.3 is 5.97 Å². The van der Waals surface area contributed by atoms with Crippen LogP contribution in [0.25, 0.3) is 10.9 Å². The van der Waals surface area contributed by atoms with Crippen molar-refractivity contribution in [3.05, 3.63) is 35.9 Å². The Labute approximate surface area is 136 Å². The van der Waals surface area contributed by atoms with Crippen LogP contribution in [-0.4, -0.2) is 53.7 Å². The van der Waals surface area contributed by atoms with E-state index in [0.717, 1.165) is 37.5 Å². The van der Waals surface area contributed by atoms with Crippen molar-refractivity contribution in [2.45, 2.75) is 13.8 Å². The Kier molecular flexibility index (Phi) is 4.48. The normalized spacial score (nSPS) is 17.4. The number of benzene rings is 1. The van der Waals surface area contributed by atoms with Crippen molar-refractivity contribution in [2.24, 2.45) is 5.92 Å². The minimum atomic E-state index is -0.723. The SMILES string of the molecule is Cc1ccc2nc(N3CCN(CC(C)C(=O)O)CC3)ccc2c1. The lowest BCUT2D eigenvalue weighted by Crippen LogP contribution is -2.48. The highest BCUT2D eigenvalue weighted by molar-refractivity contribution is 5.81. The maximum atomic E-state index is 11.0. The van der Waals surface area contributed by atoms with Gasteiger partial charge in [0.1, 0.15) is 5.82 Å². The Balaban J connectivity index is 1.65. The van der Waals surface area contributed by atoms with Crippen molar-refractivity contribution in [1.82, 2.24) is 9.88 Å². The van der Waals surface area contributed by atoms with Gasteiger partial charge in [0.15, 0.2) is 0 Å². The van der Waals surface area contributed by atoms with Crippen molar-refractivity contribution in [3.63, 3.8) is 0 Å². The highest BCUT2D eigenvalue weighted by Crippen LogP contribution is 2.20. The van der Waals surface area contributed by atoms with Gasteiger partial charge in [0.2, 0.25) is 0 Å². The monoisotopic (exact) mass is 313 g/mol. The molecule has 2 heterocycles. The summed E-state index contributed by atoms with van der Waals surface area (Å²) in [5.41, 5.74) is 2.27. The van der Waals surface area contributed by atoms with Gasteiger partial charge in [-0.1, -0.05) is 18.6 Å². The molecule has 1 aromatic heterocycles. The molecular formula is C18H23N3O2. The summed E-state index contributed by atoms with van der Waals surface area (Å²) in [6, 6.07) is 10.5. The molecule has 1 aliphatic rings. The Bertz CT molecular complexity index is 708. The van der Waals surface area contributed by atoms with E-state index in [1.165, 1.54) is 10.9 Å². The van der Waals surface area contributed by atoms with Crippen LogP contribution >= 0.6 is 0 Å². The smallest absolute Gasteiger partial charge is 0.307 e. The molecule has 0 radical (unpaired) electrons. The quantitative estimate of drug-likeness (QED) is 0.939. The molecule has 1 unspecified atom stereocenters. The Morgan fingerprint density at radius 3 is 2.65 bits per heavy atom. The number of aliphatic carboxylic acids is 1. The molecule has 1 saturated heterocycles. The predicted octanol–water partition coefficient (Wildman–Crippen LogP) is 2.39. The molecule has 0 spiro atoms. The maximum Gasteiger partial charge on any atom is 0.307 e. The number of carboxylic acids is 1. The van der Waals surface area contributed by atoms with Crippen LogP contribution in [0.5, 0.6) is 0 Å². The lowest BCUT2D eigenvalue weighted by Gasteiger charge is -2.36. The first-order valence-corrected chi connectivity index (χ1v) is 8.10. The minimum Gasteiger partial charge on any atom is -0.481 e. The van der Waals surface area contributed by atoms with Gasteiger partial charge in [0.05, 0.1) is 11.4 Å². The lowest BCUT2D eigenvalue weighted by atomic mass is 10.1. The van der Waals surface area contributed by atoms with Gasteiger partial charge in [0, 0.05) is 38.1 Å². The molecule has 1 atom stereocenters. The molecule has 0 bridgehead atoms. The molecule has 0 aliphatic carbocycles. The molecule has 1 N–H and O–H groups in total. The topological polar surface area (TPSA) is 56.7 Å². The second kappa shape index (κ2) is 6.54. The highest BCUT2D eigenvalue weighted by Gasteiger charge is 2.21. The summed E-state index contributed by atoms with van der Waals surface area (Å²) in [5.74, 6) is -0.0326. The molecule has 1 aromatic carbocycles. The number of piperazine rings is 1. The van der Waals surface area contributed by atoms with Crippen LogP contribution in [0.1, 0.15) is 12.5 Å². The van der Waals surface area contributed by atoms with Crippen molar-refractivity contribution in [1.29, 1.82) is 0 Å². The van der Waals surface area contributed by atoms with Gasteiger partial charge in [-0.25, -0.2) is 4.98 Å². The van der Waals surface area contributed by atoms with Crippen LogP contribution in [0.15, 0.2) is 30.3 Å². The first-order valence-electron chi connectivity index (χ1n) is 8.10. The average Bonchev–Trinajstić information content (AvgIpc) is 2.55. The number of fused-ring (bicyclic) bond motifs is 1. The zero-order chi connectivity index (χ0) is 16.4. The molecule has 5 heteroatoms. The molecule has 2 aromatic rings. The molecule has 1 aliphatic heterocycles. The average molecular weight is 313 g/mol. The van der Waals surface area contributed by atoms with Crippen LogP contribution in [0.4, 0.5) is 5.82 Å². The van der Waals surface area contributed by atoms with Crippen LogP contribution in [0, 0.1) is 12.8 Å². The van der Waals surface area contributed by atoms with Gasteiger partial charge in [0.25, 0.3) is 0 Å².